The molecule has 230 valence electrons. The van der Waals surface area contributed by atoms with Crippen molar-refractivity contribution in [2.75, 3.05) is 13.2 Å². The highest BCUT2D eigenvalue weighted by atomic mass is 16.6. The zero-order valence-electron chi connectivity index (χ0n) is 24.7. The molecule has 1 amide bonds. The molecule has 0 bridgehead atoms. The SMILES string of the molecule is CCCCCCCCCCCCCCCC(=O)OCC(O)C(OCC)[C@@H]1OC(C(=O)O)=C[C@H](C=N)C1NC(C)=O. The van der Waals surface area contributed by atoms with Gasteiger partial charge in [-0.15, -0.1) is 0 Å². The molecule has 1 aliphatic rings. The number of aliphatic hydroxyl groups excluding tert-OH is 1. The molecule has 0 fully saturated rings. The zero-order valence-corrected chi connectivity index (χ0v) is 24.7. The summed E-state index contributed by atoms with van der Waals surface area (Å²) in [6.07, 6.45) is 14.6. The van der Waals surface area contributed by atoms with Gasteiger partial charge in [0.05, 0.1) is 6.04 Å². The molecule has 5 atom stereocenters. The van der Waals surface area contributed by atoms with Crippen molar-refractivity contribution in [3.8, 4) is 0 Å². The minimum Gasteiger partial charge on any atom is -0.478 e. The van der Waals surface area contributed by atoms with Crippen molar-refractivity contribution in [2.24, 2.45) is 5.92 Å². The molecule has 0 aromatic heterocycles. The summed E-state index contributed by atoms with van der Waals surface area (Å²) in [6, 6.07) is -0.856. The Hall–Kier alpha value is -2.46. The first-order chi connectivity index (χ1) is 19.2. The van der Waals surface area contributed by atoms with E-state index in [1.54, 1.807) is 6.92 Å². The number of esters is 1. The van der Waals surface area contributed by atoms with Crippen molar-refractivity contribution in [2.45, 2.75) is 135 Å². The van der Waals surface area contributed by atoms with Crippen LogP contribution in [-0.2, 0) is 28.6 Å². The van der Waals surface area contributed by atoms with Crippen LogP contribution in [-0.4, -0.2) is 71.8 Å². The first-order valence-electron chi connectivity index (χ1n) is 15.1. The van der Waals surface area contributed by atoms with Crippen LogP contribution in [0.2, 0.25) is 0 Å². The van der Waals surface area contributed by atoms with E-state index in [1.165, 1.54) is 77.2 Å². The van der Waals surface area contributed by atoms with Crippen LogP contribution in [0.1, 0.15) is 111 Å². The van der Waals surface area contributed by atoms with Crippen molar-refractivity contribution >= 4 is 24.1 Å². The van der Waals surface area contributed by atoms with Crippen LogP contribution in [0.3, 0.4) is 0 Å². The third kappa shape index (κ3) is 14.3. The van der Waals surface area contributed by atoms with E-state index in [0.717, 1.165) is 19.1 Å². The van der Waals surface area contributed by atoms with E-state index in [1.807, 2.05) is 0 Å². The number of amides is 1. The van der Waals surface area contributed by atoms with E-state index in [-0.39, 0.29) is 19.6 Å². The molecule has 0 aromatic carbocycles. The Labute approximate surface area is 239 Å². The summed E-state index contributed by atoms with van der Waals surface area (Å²) in [7, 11) is 0. The molecule has 1 rings (SSSR count). The second-order valence-electron chi connectivity index (χ2n) is 10.6. The molecule has 0 aromatic rings. The minimum absolute atomic E-state index is 0.155. The van der Waals surface area contributed by atoms with E-state index in [0.29, 0.717) is 6.42 Å². The average Bonchev–Trinajstić information content (AvgIpc) is 2.92. The topological polar surface area (TPSA) is 155 Å². The summed E-state index contributed by atoms with van der Waals surface area (Å²) in [4.78, 5) is 35.7. The summed E-state index contributed by atoms with van der Waals surface area (Å²) in [5.41, 5.74) is 0. The van der Waals surface area contributed by atoms with Crippen molar-refractivity contribution in [3.63, 3.8) is 0 Å². The van der Waals surface area contributed by atoms with Crippen LogP contribution < -0.4 is 5.32 Å². The predicted octanol–water partition coefficient (Wildman–Crippen LogP) is 4.91. The molecule has 0 spiro atoms. The Kier molecular flexibility index (Phi) is 18.9. The number of carboxylic acids is 1. The van der Waals surface area contributed by atoms with Crippen molar-refractivity contribution in [3.05, 3.63) is 11.8 Å². The van der Waals surface area contributed by atoms with Gasteiger partial charge in [0, 0.05) is 32.1 Å². The number of hydrogen-bond acceptors (Lipinski definition) is 8. The third-order valence-electron chi connectivity index (χ3n) is 7.11. The number of nitrogens with one attached hydrogen (secondary N) is 2. The summed E-state index contributed by atoms with van der Waals surface area (Å²) in [5.74, 6) is -3.37. The molecular weight excluding hydrogens is 516 g/mol. The fourth-order valence-electron chi connectivity index (χ4n) is 4.96. The van der Waals surface area contributed by atoms with Crippen LogP contribution in [0, 0.1) is 11.3 Å². The van der Waals surface area contributed by atoms with Crippen molar-refractivity contribution in [1.82, 2.24) is 5.32 Å². The van der Waals surface area contributed by atoms with Gasteiger partial charge >= 0.3 is 11.9 Å². The quantitative estimate of drug-likeness (QED) is 0.0769. The first-order valence-corrected chi connectivity index (χ1v) is 15.1. The largest absolute Gasteiger partial charge is 0.478 e. The van der Waals surface area contributed by atoms with Gasteiger partial charge < -0.3 is 35.1 Å². The number of unbranched alkanes of at least 4 members (excludes halogenated alkanes) is 12. The van der Waals surface area contributed by atoms with E-state index in [4.69, 9.17) is 19.6 Å². The normalized spacial score (nSPS) is 20.1. The molecule has 0 saturated heterocycles. The lowest BCUT2D eigenvalue weighted by molar-refractivity contribution is -0.163. The van der Waals surface area contributed by atoms with E-state index >= 15 is 0 Å². The molecule has 0 aliphatic carbocycles. The Morgan fingerprint density at radius 3 is 2.02 bits per heavy atom. The van der Waals surface area contributed by atoms with Crippen LogP contribution in [0.15, 0.2) is 11.8 Å². The Morgan fingerprint density at radius 2 is 1.55 bits per heavy atom. The van der Waals surface area contributed by atoms with Gasteiger partial charge in [-0.3, -0.25) is 9.59 Å². The number of carbonyl (C=O) groups is 3. The molecule has 1 aliphatic heterocycles. The lowest BCUT2D eigenvalue weighted by atomic mass is 9.87. The van der Waals surface area contributed by atoms with Gasteiger partial charge in [-0.25, -0.2) is 4.79 Å². The zero-order chi connectivity index (χ0) is 29.8. The molecule has 10 heteroatoms. The lowest BCUT2D eigenvalue weighted by Crippen LogP contribution is -2.59. The number of rotatable bonds is 23. The van der Waals surface area contributed by atoms with Gasteiger partial charge in [0.15, 0.2) is 0 Å². The monoisotopic (exact) mass is 568 g/mol. The summed E-state index contributed by atoms with van der Waals surface area (Å²) >= 11 is 0. The van der Waals surface area contributed by atoms with E-state index in [2.05, 4.69) is 12.2 Å². The van der Waals surface area contributed by atoms with Gasteiger partial charge in [-0.2, -0.15) is 0 Å². The first kappa shape index (κ1) is 35.6. The van der Waals surface area contributed by atoms with Gasteiger partial charge in [0.1, 0.15) is 24.9 Å². The third-order valence-corrected chi connectivity index (χ3v) is 7.11. The standard InChI is InChI=1S/C30H52N2O8/c1-4-6-7-8-9-10-11-12-13-14-15-16-17-18-26(35)39-21-24(34)28(38-5-2)29-27(32-22(3)33)23(20-31)19-25(40-29)30(36)37/h19-20,23-24,27-29,31,34H,4-18,21H2,1-3H3,(H,32,33)(H,36,37)/t23-,24?,27?,28?,29-/m1/s1. The highest BCUT2D eigenvalue weighted by Gasteiger charge is 2.44. The van der Waals surface area contributed by atoms with Crippen molar-refractivity contribution in [1.29, 1.82) is 5.41 Å². The summed E-state index contributed by atoms with van der Waals surface area (Å²) in [5, 5.41) is 30.7. The van der Waals surface area contributed by atoms with Gasteiger partial charge in [0.25, 0.3) is 0 Å². The Balaban J connectivity index is 2.44. The molecule has 0 saturated carbocycles. The maximum Gasteiger partial charge on any atom is 0.370 e. The molecule has 4 N–H and O–H groups in total. The van der Waals surface area contributed by atoms with E-state index in [9.17, 15) is 24.6 Å². The van der Waals surface area contributed by atoms with Gasteiger partial charge in [0.2, 0.25) is 11.7 Å². The van der Waals surface area contributed by atoms with Crippen LogP contribution in [0.25, 0.3) is 0 Å². The number of aliphatic hydroxyl groups is 1. The second-order valence-corrected chi connectivity index (χ2v) is 10.6. The molecular formula is C30H52N2O8. The number of carbonyl (C=O) groups excluding carboxylic acids is 2. The van der Waals surface area contributed by atoms with E-state index < -0.39 is 53.9 Å². The average molecular weight is 569 g/mol. The molecule has 1 heterocycles. The lowest BCUT2D eigenvalue weighted by Gasteiger charge is -2.40. The van der Waals surface area contributed by atoms with Gasteiger partial charge in [-0.1, -0.05) is 84.0 Å². The fourth-order valence-corrected chi connectivity index (χ4v) is 4.96. The smallest absolute Gasteiger partial charge is 0.370 e. The maximum absolute atomic E-state index is 12.3. The highest BCUT2D eigenvalue weighted by Crippen LogP contribution is 2.27. The summed E-state index contributed by atoms with van der Waals surface area (Å²) in [6.45, 7) is 5.01. The van der Waals surface area contributed by atoms with Crippen molar-refractivity contribution < 1.29 is 38.8 Å². The van der Waals surface area contributed by atoms with Gasteiger partial charge in [-0.05, 0) is 19.4 Å². The second kappa shape index (κ2) is 21.3. The molecule has 3 unspecified atom stereocenters. The molecule has 10 nitrogen and oxygen atoms in total. The Morgan fingerprint density at radius 1 is 1.00 bits per heavy atom. The van der Waals surface area contributed by atoms with Crippen LogP contribution in [0.4, 0.5) is 0 Å². The fraction of sp³-hybridized carbons (Fsp3) is 0.800. The minimum atomic E-state index is -1.34. The number of ether oxygens (including phenoxy) is 3. The number of aliphatic carboxylic acids is 1. The molecule has 0 radical (unpaired) electrons. The highest BCUT2D eigenvalue weighted by molar-refractivity contribution is 5.86. The van der Waals surface area contributed by atoms with Crippen LogP contribution in [0.5, 0.6) is 0 Å². The number of carboxylic acid groups (broad SMARTS) is 1. The predicted molar refractivity (Wildman–Crippen MR) is 153 cm³/mol. The summed E-state index contributed by atoms with van der Waals surface area (Å²) < 4.78 is 16.6. The molecule has 40 heavy (non-hydrogen) atoms. The van der Waals surface area contributed by atoms with Crippen LogP contribution >= 0.6 is 0 Å². The Bertz CT molecular complexity index is 788. The maximum atomic E-state index is 12.3. The number of hydrogen-bond donors (Lipinski definition) is 4.